The Kier molecular flexibility index (Phi) is 2.38. The largest absolute Gasteiger partial charge is 0.308 e. The summed E-state index contributed by atoms with van der Waals surface area (Å²) in [4.78, 5) is 13.8. The van der Waals surface area contributed by atoms with Crippen LogP contribution in [0.3, 0.4) is 0 Å². The molecular formula is C15H12N2O. The number of carbonyl (C=O) groups is 1. The first-order valence-corrected chi connectivity index (χ1v) is 5.72. The highest BCUT2D eigenvalue weighted by Crippen LogP contribution is 2.33. The molecule has 0 aromatic heterocycles. The molecule has 88 valence electrons. The van der Waals surface area contributed by atoms with Gasteiger partial charge in [-0.05, 0) is 24.3 Å². The van der Waals surface area contributed by atoms with Crippen molar-refractivity contribution in [1.29, 1.82) is 0 Å². The van der Waals surface area contributed by atoms with Gasteiger partial charge in [-0.15, -0.1) is 0 Å². The third-order valence-corrected chi connectivity index (χ3v) is 2.93. The number of rotatable bonds is 1. The molecule has 2 aromatic rings. The molecule has 0 saturated carbocycles. The highest BCUT2D eigenvalue weighted by atomic mass is 16.2. The number of amides is 1. The highest BCUT2D eigenvalue weighted by molar-refractivity contribution is 6.04. The number of fused-ring (bicyclic) bond motifs is 1. The van der Waals surface area contributed by atoms with E-state index < -0.39 is 0 Å². The average molecular weight is 236 g/mol. The van der Waals surface area contributed by atoms with E-state index in [2.05, 4.69) is 11.9 Å². The molecular weight excluding hydrogens is 224 g/mol. The van der Waals surface area contributed by atoms with Crippen molar-refractivity contribution >= 4 is 17.3 Å². The lowest BCUT2D eigenvalue weighted by Crippen LogP contribution is -2.38. The first-order valence-electron chi connectivity index (χ1n) is 5.72. The summed E-state index contributed by atoms with van der Waals surface area (Å²) in [5, 5.41) is 2.78. The Hall–Kier alpha value is -2.55. The Morgan fingerprint density at radius 2 is 1.61 bits per heavy atom. The Morgan fingerprint density at radius 3 is 2.39 bits per heavy atom. The minimum absolute atomic E-state index is 0.109. The molecule has 1 amide bonds. The summed E-state index contributed by atoms with van der Waals surface area (Å²) in [6.45, 7) is 3.92. The molecule has 18 heavy (non-hydrogen) atoms. The fourth-order valence-corrected chi connectivity index (χ4v) is 2.13. The maximum atomic E-state index is 11.9. The lowest BCUT2D eigenvalue weighted by Gasteiger charge is -2.32. The lowest BCUT2D eigenvalue weighted by atomic mass is 10.1. The standard InChI is InChI=1S/C15H12N2O/c1-11-16-15(18)13-9-5-6-10-14(13)17(11)12-7-3-2-4-8-12/h2-10H,1H2,(H,16,18). The van der Waals surface area contributed by atoms with Crippen molar-refractivity contribution in [3.05, 3.63) is 72.6 Å². The molecule has 0 spiro atoms. The number of benzene rings is 2. The number of hydrogen-bond donors (Lipinski definition) is 1. The van der Waals surface area contributed by atoms with Crippen LogP contribution in [0.4, 0.5) is 11.4 Å². The Bertz CT molecular complexity index is 619. The number of para-hydroxylation sites is 2. The molecule has 0 bridgehead atoms. The molecule has 0 unspecified atom stereocenters. The van der Waals surface area contributed by atoms with Crippen LogP contribution in [0.5, 0.6) is 0 Å². The quantitative estimate of drug-likeness (QED) is 0.825. The van der Waals surface area contributed by atoms with Gasteiger partial charge in [0.25, 0.3) is 5.91 Å². The Morgan fingerprint density at radius 1 is 0.944 bits per heavy atom. The number of nitrogens with zero attached hydrogens (tertiary/aromatic N) is 1. The van der Waals surface area contributed by atoms with Crippen LogP contribution in [0.25, 0.3) is 0 Å². The predicted molar refractivity (Wildman–Crippen MR) is 71.6 cm³/mol. The van der Waals surface area contributed by atoms with Crippen LogP contribution in [-0.2, 0) is 0 Å². The molecule has 0 fully saturated rings. The smallest absolute Gasteiger partial charge is 0.258 e. The number of nitrogens with one attached hydrogen (secondary N) is 1. The van der Waals surface area contributed by atoms with Gasteiger partial charge in [0, 0.05) is 5.69 Å². The first kappa shape index (κ1) is 10.6. The number of hydrogen-bond acceptors (Lipinski definition) is 2. The molecule has 3 rings (SSSR count). The summed E-state index contributed by atoms with van der Waals surface area (Å²) in [6.07, 6.45) is 0. The molecule has 0 radical (unpaired) electrons. The molecule has 0 atom stereocenters. The molecule has 1 N–H and O–H groups in total. The van der Waals surface area contributed by atoms with Crippen LogP contribution in [0.2, 0.25) is 0 Å². The minimum Gasteiger partial charge on any atom is -0.308 e. The minimum atomic E-state index is -0.109. The lowest BCUT2D eigenvalue weighted by molar-refractivity contribution is 0.0962. The van der Waals surface area contributed by atoms with Gasteiger partial charge in [0.05, 0.1) is 11.3 Å². The predicted octanol–water partition coefficient (Wildman–Crippen LogP) is 3.04. The van der Waals surface area contributed by atoms with Gasteiger partial charge in [0.15, 0.2) is 0 Å². The summed E-state index contributed by atoms with van der Waals surface area (Å²) in [5.41, 5.74) is 2.50. The fraction of sp³-hybridized carbons (Fsp3) is 0. The molecule has 1 aliphatic rings. The molecule has 0 saturated heterocycles. The van der Waals surface area contributed by atoms with Gasteiger partial charge in [-0.25, -0.2) is 0 Å². The summed E-state index contributed by atoms with van der Waals surface area (Å²) in [7, 11) is 0. The second kappa shape index (κ2) is 4.04. The maximum Gasteiger partial charge on any atom is 0.258 e. The van der Waals surface area contributed by atoms with E-state index in [9.17, 15) is 4.79 Å². The molecule has 1 heterocycles. The zero-order chi connectivity index (χ0) is 12.5. The average Bonchev–Trinajstić information content (AvgIpc) is 2.40. The van der Waals surface area contributed by atoms with Gasteiger partial charge in [-0.1, -0.05) is 36.9 Å². The zero-order valence-corrected chi connectivity index (χ0v) is 9.76. The third kappa shape index (κ3) is 1.57. The van der Waals surface area contributed by atoms with Crippen LogP contribution >= 0.6 is 0 Å². The number of carbonyl (C=O) groups excluding carboxylic acids is 1. The van der Waals surface area contributed by atoms with E-state index in [-0.39, 0.29) is 5.91 Å². The van der Waals surface area contributed by atoms with Crippen LogP contribution < -0.4 is 10.2 Å². The molecule has 0 aliphatic carbocycles. The third-order valence-electron chi connectivity index (χ3n) is 2.93. The van der Waals surface area contributed by atoms with Gasteiger partial charge in [-0.3, -0.25) is 9.69 Å². The second-order valence-electron chi connectivity index (χ2n) is 4.09. The first-order chi connectivity index (χ1) is 8.77. The van der Waals surface area contributed by atoms with Crippen molar-refractivity contribution in [2.45, 2.75) is 0 Å². The topological polar surface area (TPSA) is 32.3 Å². The van der Waals surface area contributed by atoms with Crippen molar-refractivity contribution in [2.75, 3.05) is 4.90 Å². The van der Waals surface area contributed by atoms with Gasteiger partial charge >= 0.3 is 0 Å². The van der Waals surface area contributed by atoms with E-state index in [0.29, 0.717) is 11.4 Å². The Balaban J connectivity index is 2.18. The van der Waals surface area contributed by atoms with E-state index in [1.54, 1.807) is 0 Å². The van der Waals surface area contributed by atoms with E-state index >= 15 is 0 Å². The fourth-order valence-electron chi connectivity index (χ4n) is 2.13. The van der Waals surface area contributed by atoms with E-state index in [1.807, 2.05) is 59.5 Å². The van der Waals surface area contributed by atoms with Crippen molar-refractivity contribution in [3.8, 4) is 0 Å². The second-order valence-corrected chi connectivity index (χ2v) is 4.09. The van der Waals surface area contributed by atoms with E-state index in [4.69, 9.17) is 0 Å². The summed E-state index contributed by atoms with van der Waals surface area (Å²) in [6, 6.07) is 17.4. The van der Waals surface area contributed by atoms with Crippen LogP contribution in [0, 0.1) is 0 Å². The molecule has 2 aromatic carbocycles. The van der Waals surface area contributed by atoms with Gasteiger partial charge in [-0.2, -0.15) is 0 Å². The molecule has 3 heteroatoms. The number of anilines is 2. The van der Waals surface area contributed by atoms with Crippen molar-refractivity contribution < 1.29 is 4.79 Å². The van der Waals surface area contributed by atoms with Crippen LogP contribution in [-0.4, -0.2) is 5.91 Å². The normalized spacial score (nSPS) is 14.1. The monoisotopic (exact) mass is 236 g/mol. The summed E-state index contributed by atoms with van der Waals surface area (Å²) in [5.74, 6) is 0.465. The van der Waals surface area contributed by atoms with Crippen molar-refractivity contribution in [2.24, 2.45) is 0 Å². The van der Waals surface area contributed by atoms with E-state index in [0.717, 1.165) is 11.4 Å². The van der Waals surface area contributed by atoms with Crippen LogP contribution in [0.1, 0.15) is 10.4 Å². The zero-order valence-electron chi connectivity index (χ0n) is 9.76. The SMILES string of the molecule is C=C1NC(=O)c2ccccc2N1c1ccccc1. The summed E-state index contributed by atoms with van der Waals surface area (Å²) >= 11 is 0. The Labute approximate surface area is 105 Å². The van der Waals surface area contributed by atoms with Crippen molar-refractivity contribution in [1.82, 2.24) is 5.32 Å². The van der Waals surface area contributed by atoms with Crippen LogP contribution in [0.15, 0.2) is 67.0 Å². The van der Waals surface area contributed by atoms with E-state index in [1.165, 1.54) is 0 Å². The maximum absolute atomic E-state index is 11.9. The van der Waals surface area contributed by atoms with Gasteiger partial charge < -0.3 is 5.32 Å². The van der Waals surface area contributed by atoms with Gasteiger partial charge in [0.2, 0.25) is 0 Å². The van der Waals surface area contributed by atoms with Gasteiger partial charge in [0.1, 0.15) is 5.82 Å². The molecule has 3 nitrogen and oxygen atoms in total. The summed E-state index contributed by atoms with van der Waals surface area (Å²) < 4.78 is 0. The van der Waals surface area contributed by atoms with Crippen molar-refractivity contribution in [3.63, 3.8) is 0 Å². The highest BCUT2D eigenvalue weighted by Gasteiger charge is 2.25. The molecule has 1 aliphatic heterocycles.